The third-order valence-electron chi connectivity index (χ3n) is 6.73. The van der Waals surface area contributed by atoms with Crippen molar-refractivity contribution in [2.75, 3.05) is 18.6 Å². The van der Waals surface area contributed by atoms with Gasteiger partial charge in [-0.25, -0.2) is 4.79 Å². The lowest BCUT2D eigenvalue weighted by molar-refractivity contribution is -0.139. The number of carbonyl (C=O) groups excluding carboxylic acids is 1. The quantitative estimate of drug-likeness (QED) is 0.500. The number of nitrogens with zero attached hydrogens (tertiary/aromatic N) is 1. The molecule has 1 amide bonds. The molecule has 0 spiro atoms. The van der Waals surface area contributed by atoms with Crippen molar-refractivity contribution in [1.82, 2.24) is 10.2 Å². The predicted octanol–water partition coefficient (Wildman–Crippen LogP) is 5.22. The second-order valence-electron chi connectivity index (χ2n) is 9.13. The number of carboxylic acids is 1. The summed E-state index contributed by atoms with van der Waals surface area (Å²) >= 11 is 1.57. The highest BCUT2D eigenvalue weighted by molar-refractivity contribution is 7.98. The van der Waals surface area contributed by atoms with Crippen LogP contribution in [0.4, 0.5) is 0 Å². The number of rotatable bonds is 10. The molecule has 1 heterocycles. The second-order valence-corrected chi connectivity index (χ2v) is 10.1. The van der Waals surface area contributed by atoms with Gasteiger partial charge in [0.15, 0.2) is 0 Å². The van der Waals surface area contributed by atoms with Crippen LogP contribution < -0.4 is 5.32 Å². The molecule has 3 atom stereocenters. The fourth-order valence-corrected chi connectivity index (χ4v) is 5.15. The SMILES string of the molecule is CCC1CC(C)N(Cc2ccc(C(=O)NC(CCSC)C(=O)O)c(-c3ccccc3C)c2)C1. The minimum absolute atomic E-state index is 0.339. The standard InChI is InChI=1S/C27H36N2O3S/c1-5-20-14-19(3)29(16-20)17-21-10-11-23(24(15-21)22-9-7-6-8-18(22)2)26(30)28-25(27(31)32)12-13-33-4/h6-11,15,19-20,25H,5,12-14,16-17H2,1-4H3,(H,28,30)(H,31,32). The zero-order valence-electron chi connectivity index (χ0n) is 20.1. The lowest BCUT2D eigenvalue weighted by Crippen LogP contribution is -2.41. The fourth-order valence-electron chi connectivity index (χ4n) is 4.68. The van der Waals surface area contributed by atoms with Crippen LogP contribution in [0.1, 0.15) is 54.6 Å². The van der Waals surface area contributed by atoms with Crippen molar-refractivity contribution in [3.63, 3.8) is 0 Å². The van der Waals surface area contributed by atoms with Crippen LogP contribution in [0.5, 0.6) is 0 Å². The Labute approximate surface area is 202 Å². The van der Waals surface area contributed by atoms with E-state index in [2.05, 4.69) is 30.1 Å². The largest absolute Gasteiger partial charge is 0.480 e. The van der Waals surface area contributed by atoms with Crippen LogP contribution in [0.25, 0.3) is 11.1 Å². The molecule has 1 aliphatic rings. The van der Waals surface area contributed by atoms with Gasteiger partial charge >= 0.3 is 5.97 Å². The molecule has 2 aromatic rings. The number of hydrogen-bond acceptors (Lipinski definition) is 4. The normalized spacial score (nSPS) is 19.4. The number of carboxylic acid groups (broad SMARTS) is 1. The number of amides is 1. The predicted molar refractivity (Wildman–Crippen MR) is 137 cm³/mol. The Balaban J connectivity index is 1.92. The molecule has 178 valence electrons. The lowest BCUT2D eigenvalue weighted by atomic mass is 9.93. The number of nitrogens with one attached hydrogen (secondary N) is 1. The zero-order chi connectivity index (χ0) is 24.0. The molecule has 33 heavy (non-hydrogen) atoms. The van der Waals surface area contributed by atoms with Gasteiger partial charge in [-0.1, -0.05) is 43.7 Å². The molecule has 2 N–H and O–H groups in total. The monoisotopic (exact) mass is 468 g/mol. The van der Waals surface area contributed by atoms with Crippen molar-refractivity contribution < 1.29 is 14.7 Å². The molecule has 1 aliphatic heterocycles. The number of thioether (sulfide) groups is 1. The fraction of sp³-hybridized carbons (Fsp3) is 0.481. The first-order valence-electron chi connectivity index (χ1n) is 11.8. The molecular formula is C27H36N2O3S. The number of carbonyl (C=O) groups is 2. The summed E-state index contributed by atoms with van der Waals surface area (Å²) in [6.07, 6.45) is 4.76. The van der Waals surface area contributed by atoms with Gasteiger partial charge in [0.2, 0.25) is 0 Å². The van der Waals surface area contributed by atoms with Crippen LogP contribution >= 0.6 is 11.8 Å². The zero-order valence-corrected chi connectivity index (χ0v) is 21.0. The van der Waals surface area contributed by atoms with Gasteiger partial charge in [-0.3, -0.25) is 9.69 Å². The number of benzene rings is 2. The van der Waals surface area contributed by atoms with E-state index in [1.54, 1.807) is 11.8 Å². The smallest absolute Gasteiger partial charge is 0.326 e. The molecular weight excluding hydrogens is 432 g/mol. The van der Waals surface area contributed by atoms with Crippen molar-refractivity contribution in [1.29, 1.82) is 0 Å². The maximum atomic E-state index is 13.2. The van der Waals surface area contributed by atoms with Crippen LogP contribution in [0, 0.1) is 12.8 Å². The summed E-state index contributed by atoms with van der Waals surface area (Å²) in [5.74, 6) is 0.0807. The minimum Gasteiger partial charge on any atom is -0.480 e. The average Bonchev–Trinajstić information content (AvgIpc) is 3.15. The van der Waals surface area contributed by atoms with Gasteiger partial charge in [0.1, 0.15) is 6.04 Å². The van der Waals surface area contributed by atoms with Gasteiger partial charge in [0, 0.05) is 24.7 Å². The highest BCUT2D eigenvalue weighted by atomic mass is 32.2. The second kappa shape index (κ2) is 11.7. The molecule has 2 aromatic carbocycles. The third-order valence-corrected chi connectivity index (χ3v) is 7.38. The highest BCUT2D eigenvalue weighted by Gasteiger charge is 2.28. The molecule has 3 rings (SSSR count). The Kier molecular flexibility index (Phi) is 8.98. The summed E-state index contributed by atoms with van der Waals surface area (Å²) in [6.45, 7) is 8.55. The minimum atomic E-state index is -1.00. The van der Waals surface area contributed by atoms with Crippen molar-refractivity contribution in [2.24, 2.45) is 5.92 Å². The molecule has 0 radical (unpaired) electrons. The number of likely N-dealkylation sites (tertiary alicyclic amines) is 1. The number of aryl methyl sites for hydroxylation is 1. The van der Waals surface area contributed by atoms with Crippen LogP contribution in [0.2, 0.25) is 0 Å². The van der Waals surface area contributed by atoms with E-state index in [0.29, 0.717) is 23.8 Å². The molecule has 0 aliphatic carbocycles. The molecule has 3 unspecified atom stereocenters. The van der Waals surface area contributed by atoms with E-state index in [1.807, 2.05) is 49.6 Å². The van der Waals surface area contributed by atoms with Gasteiger partial charge in [-0.05, 0) is 79.0 Å². The number of aliphatic carboxylic acids is 1. The van der Waals surface area contributed by atoms with Gasteiger partial charge in [0.25, 0.3) is 5.91 Å². The van der Waals surface area contributed by atoms with E-state index in [4.69, 9.17) is 0 Å². The average molecular weight is 469 g/mol. The summed E-state index contributed by atoms with van der Waals surface area (Å²) in [6, 6.07) is 13.7. The van der Waals surface area contributed by atoms with E-state index >= 15 is 0 Å². The summed E-state index contributed by atoms with van der Waals surface area (Å²) in [7, 11) is 0. The van der Waals surface area contributed by atoms with E-state index in [9.17, 15) is 14.7 Å². The van der Waals surface area contributed by atoms with Crippen LogP contribution in [-0.4, -0.2) is 52.5 Å². The maximum absolute atomic E-state index is 13.2. The third kappa shape index (κ3) is 6.39. The molecule has 0 bridgehead atoms. The van der Waals surface area contributed by atoms with Crippen molar-refractivity contribution in [3.8, 4) is 11.1 Å². The van der Waals surface area contributed by atoms with E-state index in [-0.39, 0.29) is 5.91 Å². The first kappa shape index (κ1) is 25.3. The first-order valence-corrected chi connectivity index (χ1v) is 13.2. The molecule has 0 saturated carbocycles. The molecule has 1 saturated heterocycles. The van der Waals surface area contributed by atoms with Gasteiger partial charge in [-0.2, -0.15) is 11.8 Å². The summed E-state index contributed by atoms with van der Waals surface area (Å²) in [5.41, 5.74) is 4.63. The summed E-state index contributed by atoms with van der Waals surface area (Å²) in [4.78, 5) is 27.4. The first-order chi connectivity index (χ1) is 15.8. The Bertz CT molecular complexity index is 978. The van der Waals surface area contributed by atoms with Crippen LogP contribution in [0.3, 0.4) is 0 Å². The topological polar surface area (TPSA) is 69.6 Å². The molecule has 0 aromatic heterocycles. The Morgan fingerprint density at radius 1 is 1.21 bits per heavy atom. The van der Waals surface area contributed by atoms with Crippen LogP contribution in [-0.2, 0) is 11.3 Å². The van der Waals surface area contributed by atoms with Gasteiger partial charge < -0.3 is 10.4 Å². The number of hydrogen-bond donors (Lipinski definition) is 2. The molecule has 5 nitrogen and oxygen atoms in total. The molecule has 1 fully saturated rings. The highest BCUT2D eigenvalue weighted by Crippen LogP contribution is 2.31. The molecule has 6 heteroatoms. The van der Waals surface area contributed by atoms with Crippen molar-refractivity contribution in [2.45, 2.75) is 58.7 Å². The van der Waals surface area contributed by atoms with Crippen LogP contribution in [0.15, 0.2) is 42.5 Å². The van der Waals surface area contributed by atoms with Crippen molar-refractivity contribution >= 4 is 23.6 Å². The summed E-state index contributed by atoms with van der Waals surface area (Å²) in [5, 5.41) is 12.3. The van der Waals surface area contributed by atoms with Crippen molar-refractivity contribution in [3.05, 3.63) is 59.2 Å². The van der Waals surface area contributed by atoms with Gasteiger partial charge in [-0.15, -0.1) is 0 Å². The van der Waals surface area contributed by atoms with E-state index in [0.717, 1.165) is 35.7 Å². The lowest BCUT2D eigenvalue weighted by Gasteiger charge is -2.22. The Morgan fingerprint density at radius 2 is 1.97 bits per heavy atom. The Morgan fingerprint density at radius 3 is 2.61 bits per heavy atom. The summed E-state index contributed by atoms with van der Waals surface area (Å²) < 4.78 is 0. The van der Waals surface area contributed by atoms with E-state index in [1.165, 1.54) is 18.4 Å². The Hall–Kier alpha value is -2.31. The van der Waals surface area contributed by atoms with Gasteiger partial charge in [0.05, 0.1) is 0 Å². The van der Waals surface area contributed by atoms with E-state index < -0.39 is 12.0 Å². The maximum Gasteiger partial charge on any atom is 0.326 e.